The Bertz CT molecular complexity index is 659. The van der Waals surface area contributed by atoms with E-state index in [2.05, 4.69) is 0 Å². The molecule has 2 aromatic rings. The topological polar surface area (TPSA) is 88.8 Å². The molecule has 0 unspecified atom stereocenters. The Kier molecular flexibility index (Phi) is 2.47. The van der Waals surface area contributed by atoms with Gasteiger partial charge >= 0.3 is 11.7 Å². The normalized spacial score (nSPS) is 10.4. The third-order valence-electron chi connectivity index (χ3n) is 2.38. The van der Waals surface area contributed by atoms with Crippen molar-refractivity contribution in [3.8, 4) is 11.5 Å². The standard InChI is InChI=1S/C11H9NO5/c1-17-8-4-2-3-6-5-7(13)10(14)12(9(6)8)11(15)16/h2-5,13H,1H3,(H,15,16). The Morgan fingerprint density at radius 1 is 1.41 bits per heavy atom. The number of hydrogen-bond acceptors (Lipinski definition) is 4. The molecule has 88 valence electrons. The highest BCUT2D eigenvalue weighted by atomic mass is 16.5. The van der Waals surface area contributed by atoms with E-state index in [1.807, 2.05) is 0 Å². The van der Waals surface area contributed by atoms with Gasteiger partial charge in [0, 0.05) is 5.39 Å². The molecule has 6 heteroatoms. The molecule has 0 radical (unpaired) electrons. The molecule has 6 nitrogen and oxygen atoms in total. The quantitative estimate of drug-likeness (QED) is 0.776. The molecule has 0 fully saturated rings. The average Bonchev–Trinajstić information content (AvgIpc) is 2.29. The van der Waals surface area contributed by atoms with E-state index in [9.17, 15) is 14.7 Å². The zero-order valence-electron chi connectivity index (χ0n) is 8.88. The molecule has 0 aliphatic rings. The summed E-state index contributed by atoms with van der Waals surface area (Å²) in [5.74, 6) is -0.366. The van der Waals surface area contributed by atoms with Crippen LogP contribution in [-0.2, 0) is 0 Å². The number of ether oxygens (including phenoxy) is 1. The van der Waals surface area contributed by atoms with Crippen LogP contribution in [0.25, 0.3) is 10.9 Å². The van der Waals surface area contributed by atoms with Gasteiger partial charge in [-0.15, -0.1) is 0 Å². The number of aromatic nitrogens is 1. The summed E-state index contributed by atoms with van der Waals surface area (Å²) < 4.78 is 5.47. The van der Waals surface area contributed by atoms with Crippen LogP contribution in [0.15, 0.2) is 29.1 Å². The summed E-state index contributed by atoms with van der Waals surface area (Å²) in [7, 11) is 1.37. The van der Waals surface area contributed by atoms with Crippen molar-refractivity contribution in [2.24, 2.45) is 0 Å². The smallest absolute Gasteiger partial charge is 0.419 e. The number of rotatable bonds is 1. The SMILES string of the molecule is COc1cccc2cc(O)c(=O)n(C(=O)O)c12. The van der Waals surface area contributed by atoms with Crippen LogP contribution in [0, 0.1) is 0 Å². The van der Waals surface area contributed by atoms with Gasteiger partial charge in [-0.05, 0) is 12.1 Å². The van der Waals surface area contributed by atoms with Crippen LogP contribution in [0.2, 0.25) is 0 Å². The van der Waals surface area contributed by atoms with E-state index in [0.717, 1.165) is 0 Å². The number of hydrogen-bond donors (Lipinski definition) is 2. The van der Waals surface area contributed by atoms with Crippen LogP contribution in [0.1, 0.15) is 0 Å². The molecular weight excluding hydrogens is 226 g/mol. The van der Waals surface area contributed by atoms with Crippen molar-refractivity contribution in [3.05, 3.63) is 34.6 Å². The number of carboxylic acid groups (broad SMARTS) is 1. The van der Waals surface area contributed by atoms with Crippen LogP contribution < -0.4 is 10.3 Å². The molecule has 1 aromatic heterocycles. The largest absolute Gasteiger partial charge is 0.503 e. The average molecular weight is 235 g/mol. The van der Waals surface area contributed by atoms with E-state index in [0.29, 0.717) is 9.95 Å². The van der Waals surface area contributed by atoms with Crippen molar-refractivity contribution >= 4 is 17.0 Å². The van der Waals surface area contributed by atoms with Gasteiger partial charge in [0.2, 0.25) is 0 Å². The lowest BCUT2D eigenvalue weighted by atomic mass is 10.2. The number of carbonyl (C=O) groups is 1. The minimum atomic E-state index is -1.47. The Labute approximate surface area is 95.3 Å². The highest BCUT2D eigenvalue weighted by molar-refractivity contribution is 5.92. The van der Waals surface area contributed by atoms with Crippen LogP contribution in [0.5, 0.6) is 11.5 Å². The van der Waals surface area contributed by atoms with Crippen molar-refractivity contribution in [2.45, 2.75) is 0 Å². The van der Waals surface area contributed by atoms with Crippen molar-refractivity contribution in [1.82, 2.24) is 4.57 Å². The van der Waals surface area contributed by atoms with E-state index in [1.54, 1.807) is 12.1 Å². The maximum absolute atomic E-state index is 11.6. The zero-order valence-corrected chi connectivity index (χ0v) is 8.88. The van der Waals surface area contributed by atoms with E-state index in [1.165, 1.54) is 19.2 Å². The number of para-hydroxylation sites is 1. The second-order valence-electron chi connectivity index (χ2n) is 3.35. The fraction of sp³-hybridized carbons (Fsp3) is 0.0909. The second-order valence-corrected chi connectivity index (χ2v) is 3.35. The van der Waals surface area contributed by atoms with E-state index in [-0.39, 0.29) is 11.3 Å². The van der Waals surface area contributed by atoms with Gasteiger partial charge in [0.1, 0.15) is 11.3 Å². The van der Waals surface area contributed by atoms with Crippen molar-refractivity contribution in [1.29, 1.82) is 0 Å². The summed E-state index contributed by atoms with van der Waals surface area (Å²) in [6.45, 7) is 0. The third kappa shape index (κ3) is 1.59. The van der Waals surface area contributed by atoms with Gasteiger partial charge in [-0.2, -0.15) is 0 Å². The van der Waals surface area contributed by atoms with Gasteiger partial charge in [-0.25, -0.2) is 9.36 Å². The molecule has 0 atom stereocenters. The van der Waals surface area contributed by atoms with Gasteiger partial charge in [-0.1, -0.05) is 12.1 Å². The molecule has 0 saturated carbocycles. The molecule has 0 amide bonds. The third-order valence-corrected chi connectivity index (χ3v) is 2.38. The van der Waals surface area contributed by atoms with Crippen molar-refractivity contribution in [2.75, 3.05) is 7.11 Å². The zero-order chi connectivity index (χ0) is 12.6. The fourth-order valence-electron chi connectivity index (χ4n) is 1.67. The predicted octanol–water partition coefficient (Wildman–Crippen LogP) is 1.24. The molecule has 2 N–H and O–H groups in total. The van der Waals surface area contributed by atoms with Crippen LogP contribution >= 0.6 is 0 Å². The van der Waals surface area contributed by atoms with Gasteiger partial charge in [0.25, 0.3) is 0 Å². The van der Waals surface area contributed by atoms with Gasteiger partial charge < -0.3 is 14.9 Å². The first kappa shape index (κ1) is 11.0. The number of benzene rings is 1. The molecule has 1 heterocycles. The lowest BCUT2D eigenvalue weighted by Crippen LogP contribution is -2.26. The first-order valence-electron chi connectivity index (χ1n) is 4.71. The van der Waals surface area contributed by atoms with Crippen molar-refractivity contribution in [3.63, 3.8) is 0 Å². The Morgan fingerprint density at radius 3 is 2.71 bits per heavy atom. The summed E-state index contributed by atoms with van der Waals surface area (Å²) in [6, 6.07) is 5.96. The maximum Gasteiger partial charge on any atom is 0.419 e. The lowest BCUT2D eigenvalue weighted by Gasteiger charge is -2.09. The van der Waals surface area contributed by atoms with E-state index < -0.39 is 17.4 Å². The number of methoxy groups -OCH3 is 1. The molecule has 0 aliphatic carbocycles. The van der Waals surface area contributed by atoms with E-state index in [4.69, 9.17) is 9.84 Å². The van der Waals surface area contributed by atoms with Crippen LogP contribution in [-0.4, -0.2) is 28.0 Å². The number of pyridine rings is 1. The molecule has 17 heavy (non-hydrogen) atoms. The summed E-state index contributed by atoms with van der Waals surface area (Å²) in [5, 5.41) is 18.8. The fourth-order valence-corrected chi connectivity index (χ4v) is 1.67. The van der Waals surface area contributed by atoms with Gasteiger partial charge in [0.15, 0.2) is 5.75 Å². The van der Waals surface area contributed by atoms with Crippen molar-refractivity contribution < 1.29 is 19.7 Å². The van der Waals surface area contributed by atoms with Crippen LogP contribution in [0.3, 0.4) is 0 Å². The molecule has 0 bridgehead atoms. The first-order valence-corrected chi connectivity index (χ1v) is 4.71. The second kappa shape index (κ2) is 3.82. The highest BCUT2D eigenvalue weighted by Gasteiger charge is 2.16. The summed E-state index contributed by atoms with van der Waals surface area (Å²) in [5.41, 5.74) is -0.875. The Hall–Kier alpha value is -2.50. The minimum absolute atomic E-state index is 0.116. The number of aromatic hydroxyl groups is 1. The molecular formula is C11H9NO5. The van der Waals surface area contributed by atoms with Gasteiger partial charge in [0.05, 0.1) is 7.11 Å². The predicted molar refractivity (Wildman–Crippen MR) is 59.8 cm³/mol. The number of nitrogens with zero attached hydrogens (tertiary/aromatic N) is 1. The first-order chi connectivity index (χ1) is 8.06. The highest BCUT2D eigenvalue weighted by Crippen LogP contribution is 2.25. The van der Waals surface area contributed by atoms with Gasteiger partial charge in [-0.3, -0.25) is 4.79 Å². The Morgan fingerprint density at radius 2 is 2.12 bits per heavy atom. The molecule has 0 aliphatic heterocycles. The van der Waals surface area contributed by atoms with Crippen LogP contribution in [0.4, 0.5) is 4.79 Å². The summed E-state index contributed by atoms with van der Waals surface area (Å²) >= 11 is 0. The molecule has 1 aromatic carbocycles. The molecule has 2 rings (SSSR count). The number of fused-ring (bicyclic) bond motifs is 1. The summed E-state index contributed by atoms with van der Waals surface area (Å²) in [6.07, 6.45) is -1.47. The molecule has 0 spiro atoms. The molecule has 0 saturated heterocycles. The Balaban J connectivity index is 3.05. The van der Waals surface area contributed by atoms with E-state index >= 15 is 0 Å². The summed E-state index contributed by atoms with van der Waals surface area (Å²) in [4.78, 5) is 22.6. The maximum atomic E-state index is 11.6. The minimum Gasteiger partial charge on any atom is -0.503 e. The lowest BCUT2D eigenvalue weighted by molar-refractivity contribution is 0.196. The monoisotopic (exact) mass is 235 g/mol.